The summed E-state index contributed by atoms with van der Waals surface area (Å²) in [6.45, 7) is 10.6. The number of carbonyl (C=O) groups excluding carboxylic acids is 2. The van der Waals surface area contributed by atoms with Gasteiger partial charge in [-0.15, -0.1) is 0 Å². The first-order chi connectivity index (χ1) is 9.34. The predicted molar refractivity (Wildman–Crippen MR) is 78.7 cm³/mol. The first-order valence-corrected chi connectivity index (χ1v) is 7.83. The lowest BCUT2D eigenvalue weighted by atomic mass is 10.4. The van der Waals surface area contributed by atoms with Crippen molar-refractivity contribution in [3.8, 4) is 0 Å². The van der Waals surface area contributed by atoms with Crippen LogP contribution >= 0.6 is 0 Å². The average molecular weight is 302 g/mol. The van der Waals surface area contributed by atoms with Gasteiger partial charge >= 0.3 is 11.9 Å². The fourth-order valence-corrected chi connectivity index (χ4v) is 2.20. The first kappa shape index (κ1) is 18.6. The molecule has 0 rings (SSSR count). The molecule has 0 heterocycles. The molecule has 20 heavy (non-hydrogen) atoms. The first-order valence-electron chi connectivity index (χ1n) is 6.34. The molecular formula is C14H22O5S. The summed E-state index contributed by atoms with van der Waals surface area (Å²) in [5.74, 6) is 0.0560. The molecule has 0 fully saturated rings. The molecule has 0 bridgehead atoms. The molecule has 0 saturated carbocycles. The Labute approximate surface area is 122 Å². The zero-order chi connectivity index (χ0) is 15.5. The molecule has 0 saturated heterocycles. The highest BCUT2D eigenvalue weighted by atomic mass is 32.2. The van der Waals surface area contributed by atoms with Gasteiger partial charge in [0.15, 0.2) is 0 Å². The summed E-state index contributed by atoms with van der Waals surface area (Å²) in [4.78, 5) is 22.1. The van der Waals surface area contributed by atoms with Crippen LogP contribution in [0.2, 0.25) is 0 Å². The Bertz CT molecular complexity index is 364. The number of hydrogen-bond donors (Lipinski definition) is 0. The third-order valence-corrected chi connectivity index (χ3v) is 3.68. The van der Waals surface area contributed by atoms with Gasteiger partial charge in [-0.3, -0.25) is 4.21 Å². The molecule has 114 valence electrons. The summed E-state index contributed by atoms with van der Waals surface area (Å²) in [6, 6.07) is 0. The number of rotatable bonds is 10. The van der Waals surface area contributed by atoms with E-state index in [4.69, 9.17) is 9.47 Å². The molecule has 0 atom stereocenters. The van der Waals surface area contributed by atoms with E-state index >= 15 is 0 Å². The Kier molecular flexibility index (Phi) is 9.63. The Hall–Kier alpha value is -1.43. The van der Waals surface area contributed by atoms with E-state index < -0.39 is 22.7 Å². The van der Waals surface area contributed by atoms with E-state index in [-0.39, 0.29) is 13.2 Å². The molecule has 0 radical (unpaired) electrons. The third kappa shape index (κ3) is 9.49. The quantitative estimate of drug-likeness (QED) is 0.349. The second kappa shape index (κ2) is 10.4. The smallest absolute Gasteiger partial charge is 0.333 e. The molecule has 0 aliphatic heterocycles. The summed E-state index contributed by atoms with van der Waals surface area (Å²) < 4.78 is 21.4. The molecule has 0 N–H and O–H groups in total. The molecule has 0 unspecified atom stereocenters. The number of ether oxygens (including phenoxy) is 2. The van der Waals surface area contributed by atoms with Crippen molar-refractivity contribution >= 4 is 22.7 Å². The van der Waals surface area contributed by atoms with Gasteiger partial charge in [0.2, 0.25) is 0 Å². The van der Waals surface area contributed by atoms with Gasteiger partial charge in [-0.05, 0) is 26.7 Å². The molecular weight excluding hydrogens is 280 g/mol. The monoisotopic (exact) mass is 302 g/mol. The highest BCUT2D eigenvalue weighted by Crippen LogP contribution is 1.98. The van der Waals surface area contributed by atoms with E-state index in [1.165, 1.54) is 0 Å². The van der Waals surface area contributed by atoms with Gasteiger partial charge in [0.1, 0.15) is 0 Å². The predicted octanol–water partition coefficient (Wildman–Crippen LogP) is 1.75. The van der Waals surface area contributed by atoms with E-state index in [2.05, 4.69) is 13.2 Å². The summed E-state index contributed by atoms with van der Waals surface area (Å²) in [5.41, 5.74) is 0.705. The Morgan fingerprint density at radius 3 is 1.55 bits per heavy atom. The molecule has 0 aromatic rings. The van der Waals surface area contributed by atoms with Crippen LogP contribution < -0.4 is 0 Å². The van der Waals surface area contributed by atoms with Crippen molar-refractivity contribution < 1.29 is 23.3 Å². The molecule has 0 aromatic carbocycles. The van der Waals surface area contributed by atoms with Crippen LogP contribution in [0.4, 0.5) is 0 Å². The molecule has 0 aromatic heterocycles. The molecule has 0 spiro atoms. The van der Waals surface area contributed by atoms with Crippen molar-refractivity contribution in [2.45, 2.75) is 26.7 Å². The molecule has 6 heteroatoms. The minimum absolute atomic E-state index is 0.238. The minimum atomic E-state index is -0.998. The zero-order valence-corrected chi connectivity index (χ0v) is 12.9. The van der Waals surface area contributed by atoms with Crippen molar-refractivity contribution in [3.05, 3.63) is 24.3 Å². The molecule has 0 amide bonds. The minimum Gasteiger partial charge on any atom is -0.462 e. The van der Waals surface area contributed by atoms with Crippen LogP contribution in [0.15, 0.2) is 24.3 Å². The van der Waals surface area contributed by atoms with Crippen LogP contribution in [0.25, 0.3) is 0 Å². The standard InChI is InChI=1S/C14H22O5S/c1-11(2)13(15)18-7-5-9-20(17)10-6-8-19-14(16)12(3)4/h1,3,5-10H2,2,4H3. The lowest BCUT2D eigenvalue weighted by molar-refractivity contribution is -0.139. The summed E-state index contributed by atoms with van der Waals surface area (Å²) >= 11 is 0. The highest BCUT2D eigenvalue weighted by Gasteiger charge is 2.06. The van der Waals surface area contributed by atoms with E-state index in [1.54, 1.807) is 13.8 Å². The Morgan fingerprint density at radius 2 is 1.25 bits per heavy atom. The van der Waals surface area contributed by atoms with E-state index in [9.17, 15) is 13.8 Å². The SMILES string of the molecule is C=C(C)C(=O)OCCCS(=O)CCCOC(=O)C(=C)C. The zero-order valence-electron chi connectivity index (χ0n) is 12.1. The number of esters is 2. The Morgan fingerprint density at radius 1 is 0.900 bits per heavy atom. The van der Waals surface area contributed by atoms with Gasteiger partial charge in [0.25, 0.3) is 0 Å². The van der Waals surface area contributed by atoms with Crippen molar-refractivity contribution in [1.29, 1.82) is 0 Å². The van der Waals surface area contributed by atoms with E-state index in [0.29, 0.717) is 35.5 Å². The number of hydrogen-bond acceptors (Lipinski definition) is 5. The van der Waals surface area contributed by atoms with Crippen molar-refractivity contribution in [2.24, 2.45) is 0 Å². The summed E-state index contributed by atoms with van der Waals surface area (Å²) in [6.07, 6.45) is 1.08. The van der Waals surface area contributed by atoms with Crippen molar-refractivity contribution in [1.82, 2.24) is 0 Å². The van der Waals surface area contributed by atoms with Gasteiger partial charge in [0.05, 0.1) is 13.2 Å². The normalized spacial score (nSPS) is 10.2. The maximum absolute atomic E-state index is 11.6. The highest BCUT2D eigenvalue weighted by molar-refractivity contribution is 7.84. The van der Waals surface area contributed by atoms with Crippen LogP contribution in [0.1, 0.15) is 26.7 Å². The molecule has 0 aliphatic carbocycles. The topological polar surface area (TPSA) is 69.7 Å². The van der Waals surface area contributed by atoms with Gasteiger partial charge in [-0.2, -0.15) is 0 Å². The van der Waals surface area contributed by atoms with Gasteiger partial charge < -0.3 is 9.47 Å². The summed E-state index contributed by atoms with van der Waals surface area (Å²) in [5, 5.41) is 0. The number of carbonyl (C=O) groups is 2. The fraction of sp³-hybridized carbons (Fsp3) is 0.571. The van der Waals surface area contributed by atoms with Gasteiger partial charge in [-0.1, -0.05) is 13.2 Å². The maximum atomic E-state index is 11.6. The summed E-state index contributed by atoms with van der Waals surface area (Å²) in [7, 11) is -0.998. The maximum Gasteiger partial charge on any atom is 0.333 e. The average Bonchev–Trinajstić information content (AvgIpc) is 2.38. The van der Waals surface area contributed by atoms with Gasteiger partial charge in [-0.25, -0.2) is 9.59 Å². The van der Waals surface area contributed by atoms with E-state index in [0.717, 1.165) is 0 Å². The molecule has 0 aliphatic rings. The van der Waals surface area contributed by atoms with Crippen LogP contribution in [0.5, 0.6) is 0 Å². The molecule has 5 nitrogen and oxygen atoms in total. The Balaban J connectivity index is 3.55. The van der Waals surface area contributed by atoms with Crippen molar-refractivity contribution in [2.75, 3.05) is 24.7 Å². The second-order valence-electron chi connectivity index (χ2n) is 4.39. The van der Waals surface area contributed by atoms with Crippen LogP contribution in [0, 0.1) is 0 Å². The fourth-order valence-electron chi connectivity index (χ4n) is 1.12. The lowest BCUT2D eigenvalue weighted by Crippen LogP contribution is -2.12. The van der Waals surface area contributed by atoms with Gasteiger partial charge in [0, 0.05) is 33.5 Å². The second-order valence-corrected chi connectivity index (χ2v) is 6.08. The third-order valence-electron chi connectivity index (χ3n) is 2.20. The van der Waals surface area contributed by atoms with Crippen LogP contribution in [-0.2, 0) is 29.9 Å². The van der Waals surface area contributed by atoms with E-state index in [1.807, 2.05) is 0 Å². The van der Waals surface area contributed by atoms with Crippen molar-refractivity contribution in [3.63, 3.8) is 0 Å². The lowest BCUT2D eigenvalue weighted by Gasteiger charge is -2.05. The largest absolute Gasteiger partial charge is 0.462 e. The van der Waals surface area contributed by atoms with Crippen LogP contribution in [-0.4, -0.2) is 40.9 Å². The van der Waals surface area contributed by atoms with Crippen LogP contribution in [0.3, 0.4) is 0 Å².